The van der Waals surface area contributed by atoms with Crippen LogP contribution in [0.25, 0.3) is 0 Å². The number of fused-ring (bicyclic) bond motifs is 1. The van der Waals surface area contributed by atoms with Gasteiger partial charge in [0.2, 0.25) is 0 Å². The quantitative estimate of drug-likeness (QED) is 0.250. The van der Waals surface area contributed by atoms with E-state index in [9.17, 15) is 23.3 Å². The summed E-state index contributed by atoms with van der Waals surface area (Å²) in [4.78, 5) is 16.6. The van der Waals surface area contributed by atoms with Crippen molar-refractivity contribution < 1.29 is 32.3 Å². The maximum atomic E-state index is 12.7. The van der Waals surface area contributed by atoms with E-state index in [4.69, 9.17) is 14.2 Å². The van der Waals surface area contributed by atoms with Gasteiger partial charge in [-0.25, -0.2) is 0 Å². The number of benzene rings is 2. The lowest BCUT2D eigenvalue weighted by molar-refractivity contribution is -0.389. The number of rotatable bonds is 9. The Balaban J connectivity index is 1.02. The number of hydrogen-bond donors (Lipinski definition) is 0. The number of piperidine rings is 1. The van der Waals surface area contributed by atoms with Gasteiger partial charge in [0.15, 0.2) is 0 Å². The van der Waals surface area contributed by atoms with Crippen molar-refractivity contribution in [3.63, 3.8) is 0 Å². The van der Waals surface area contributed by atoms with Crippen molar-refractivity contribution in [3.05, 3.63) is 70.4 Å². The number of nitrogens with zero attached hydrogens (tertiary/aromatic N) is 4. The first-order valence-electron chi connectivity index (χ1n) is 12.9. The van der Waals surface area contributed by atoms with Gasteiger partial charge >= 0.3 is 18.0 Å². The van der Waals surface area contributed by atoms with Gasteiger partial charge in [-0.3, -0.25) is 4.57 Å². The highest BCUT2D eigenvalue weighted by molar-refractivity contribution is 5.49. The molecule has 2 aliphatic heterocycles. The highest BCUT2D eigenvalue weighted by atomic mass is 19.4. The third-order valence-corrected chi connectivity index (χ3v) is 7.11. The van der Waals surface area contributed by atoms with E-state index in [0.717, 1.165) is 55.9 Å². The zero-order valence-electron chi connectivity index (χ0n) is 21.2. The Labute approximate surface area is 223 Å². The predicted octanol–water partition coefficient (Wildman–Crippen LogP) is 5.73. The minimum absolute atomic E-state index is 0.224. The number of aromatic nitrogens is 2. The topological polar surface area (TPSA) is 91.9 Å². The molecule has 9 nitrogen and oxygen atoms in total. The standard InChI is InChI=1S/C27H29F3N4O5/c28-27(29,30)20-1-5-22(6-2-20)37-16-12-19-9-13-32(14-10-19)21-3-7-23(8-4-21)38-18-24-11-15-33-17-25(34(35)36)31-26(33)39-24/h1-8,17,19,24H,9-16,18H2/t24-/m1/s1. The predicted molar refractivity (Wildman–Crippen MR) is 136 cm³/mol. The van der Waals surface area contributed by atoms with Crippen LogP contribution in [0.2, 0.25) is 0 Å². The second-order valence-corrected chi connectivity index (χ2v) is 9.76. The van der Waals surface area contributed by atoms with Gasteiger partial charge in [-0.1, -0.05) is 0 Å². The van der Waals surface area contributed by atoms with E-state index in [1.807, 2.05) is 24.3 Å². The Bertz CT molecular complexity index is 1260. The van der Waals surface area contributed by atoms with Gasteiger partial charge in [0.25, 0.3) is 0 Å². The number of alkyl halides is 3. The van der Waals surface area contributed by atoms with E-state index >= 15 is 0 Å². The van der Waals surface area contributed by atoms with Crippen molar-refractivity contribution in [1.29, 1.82) is 0 Å². The summed E-state index contributed by atoms with van der Waals surface area (Å²) in [6.07, 6.45) is 0.363. The first kappa shape index (κ1) is 26.6. The summed E-state index contributed by atoms with van der Waals surface area (Å²) in [6.45, 7) is 3.21. The minimum Gasteiger partial charge on any atom is -0.494 e. The van der Waals surface area contributed by atoms with Crippen molar-refractivity contribution >= 4 is 11.5 Å². The molecule has 1 fully saturated rings. The molecule has 3 heterocycles. The maximum absolute atomic E-state index is 12.7. The molecular formula is C27H29F3N4O5. The molecule has 0 radical (unpaired) electrons. The SMILES string of the molecule is O=[N+]([O-])c1cn2c(n1)O[C@@H](COc1ccc(N3CCC(CCOc4ccc(C(F)(F)F)cc4)CC3)cc1)CC2. The summed E-state index contributed by atoms with van der Waals surface area (Å²) in [5.74, 6) is 1.45. The zero-order valence-corrected chi connectivity index (χ0v) is 21.2. The molecule has 0 bridgehead atoms. The summed E-state index contributed by atoms with van der Waals surface area (Å²) in [5.41, 5.74) is 0.439. The van der Waals surface area contributed by atoms with Crippen molar-refractivity contribution in [1.82, 2.24) is 9.55 Å². The third kappa shape index (κ3) is 6.73. The largest absolute Gasteiger partial charge is 0.494 e. The van der Waals surface area contributed by atoms with Crippen LogP contribution in [0, 0.1) is 16.0 Å². The van der Waals surface area contributed by atoms with E-state index < -0.39 is 16.7 Å². The van der Waals surface area contributed by atoms with Gasteiger partial charge in [-0.05, 0) is 78.6 Å². The van der Waals surface area contributed by atoms with Crippen LogP contribution in [-0.2, 0) is 12.7 Å². The van der Waals surface area contributed by atoms with Gasteiger partial charge in [0.05, 0.1) is 12.2 Å². The van der Waals surface area contributed by atoms with Crippen molar-refractivity contribution in [2.75, 3.05) is 31.2 Å². The smallest absolute Gasteiger partial charge is 0.416 e. The van der Waals surface area contributed by atoms with Crippen LogP contribution >= 0.6 is 0 Å². The van der Waals surface area contributed by atoms with Crippen LogP contribution < -0.4 is 19.1 Å². The molecule has 2 aromatic carbocycles. The fourth-order valence-electron chi connectivity index (χ4n) is 4.84. The highest BCUT2D eigenvalue weighted by Crippen LogP contribution is 2.31. The van der Waals surface area contributed by atoms with Gasteiger partial charge in [-0.2, -0.15) is 13.2 Å². The minimum atomic E-state index is -4.34. The second-order valence-electron chi connectivity index (χ2n) is 9.76. The molecule has 12 heteroatoms. The molecule has 1 aromatic heterocycles. The van der Waals surface area contributed by atoms with E-state index in [1.165, 1.54) is 18.3 Å². The van der Waals surface area contributed by atoms with Crippen molar-refractivity contribution in [3.8, 4) is 17.5 Å². The van der Waals surface area contributed by atoms with Crippen LogP contribution in [0.4, 0.5) is 24.7 Å². The van der Waals surface area contributed by atoms with Crippen LogP contribution in [-0.4, -0.2) is 46.9 Å². The Morgan fingerprint density at radius 3 is 2.31 bits per heavy atom. The van der Waals surface area contributed by atoms with Gasteiger partial charge < -0.3 is 29.2 Å². The molecule has 0 amide bonds. The molecule has 3 aromatic rings. The normalized spacial score (nSPS) is 17.8. The summed E-state index contributed by atoms with van der Waals surface area (Å²) in [7, 11) is 0. The first-order valence-corrected chi connectivity index (χ1v) is 12.9. The van der Waals surface area contributed by atoms with E-state index in [1.54, 1.807) is 4.57 Å². The van der Waals surface area contributed by atoms with Crippen LogP contribution in [0.1, 0.15) is 31.2 Å². The number of anilines is 1. The maximum Gasteiger partial charge on any atom is 0.416 e. The molecule has 0 saturated carbocycles. The van der Waals surface area contributed by atoms with E-state index in [0.29, 0.717) is 37.8 Å². The van der Waals surface area contributed by atoms with Gasteiger partial charge in [-0.15, -0.1) is 0 Å². The summed E-state index contributed by atoms with van der Waals surface area (Å²) in [5, 5.41) is 10.9. The average molecular weight is 547 g/mol. The number of hydrogen-bond acceptors (Lipinski definition) is 7. The number of halogens is 3. The molecule has 1 saturated heterocycles. The highest BCUT2D eigenvalue weighted by Gasteiger charge is 2.30. The van der Waals surface area contributed by atoms with Crippen LogP contribution in [0.15, 0.2) is 54.7 Å². The summed E-state index contributed by atoms with van der Waals surface area (Å²) in [6, 6.07) is 13.0. The molecule has 0 N–H and O–H groups in total. The molecule has 1 atom stereocenters. The average Bonchev–Trinajstić information content (AvgIpc) is 3.37. The van der Waals surface area contributed by atoms with E-state index in [-0.39, 0.29) is 17.9 Å². The Kier molecular flexibility index (Phi) is 7.80. The Hall–Kier alpha value is -3.96. The van der Waals surface area contributed by atoms with E-state index in [2.05, 4.69) is 9.88 Å². The molecule has 0 unspecified atom stereocenters. The molecule has 39 heavy (non-hydrogen) atoms. The first-order chi connectivity index (χ1) is 18.7. The number of ether oxygens (including phenoxy) is 3. The summed E-state index contributed by atoms with van der Waals surface area (Å²) >= 11 is 0. The van der Waals surface area contributed by atoms with Crippen LogP contribution in [0.3, 0.4) is 0 Å². The van der Waals surface area contributed by atoms with Crippen molar-refractivity contribution in [2.24, 2.45) is 5.92 Å². The lowest BCUT2D eigenvalue weighted by atomic mass is 9.93. The van der Waals surface area contributed by atoms with Gasteiger partial charge in [0, 0.05) is 36.7 Å². The fraction of sp³-hybridized carbons (Fsp3) is 0.444. The number of nitro groups is 1. The Morgan fingerprint density at radius 2 is 1.64 bits per heavy atom. The number of imidazole rings is 1. The third-order valence-electron chi connectivity index (χ3n) is 7.11. The molecule has 2 aliphatic rings. The van der Waals surface area contributed by atoms with Crippen molar-refractivity contribution in [2.45, 2.75) is 44.5 Å². The van der Waals surface area contributed by atoms with Crippen LogP contribution in [0.5, 0.6) is 17.5 Å². The Morgan fingerprint density at radius 1 is 0.974 bits per heavy atom. The lowest BCUT2D eigenvalue weighted by Gasteiger charge is -2.33. The molecular weight excluding hydrogens is 517 g/mol. The lowest BCUT2D eigenvalue weighted by Crippen LogP contribution is -2.34. The molecule has 0 aliphatic carbocycles. The summed E-state index contributed by atoms with van der Waals surface area (Å²) < 4.78 is 57.0. The molecule has 5 rings (SSSR count). The molecule has 208 valence electrons. The monoisotopic (exact) mass is 546 g/mol. The number of aryl methyl sites for hydroxylation is 1. The van der Waals surface area contributed by atoms with Gasteiger partial charge in [0.1, 0.15) is 30.4 Å². The second kappa shape index (κ2) is 11.4. The zero-order chi connectivity index (χ0) is 27.4. The fourth-order valence-corrected chi connectivity index (χ4v) is 4.84. The molecule has 0 spiro atoms.